The second-order valence-corrected chi connectivity index (χ2v) is 3.96. The summed E-state index contributed by atoms with van der Waals surface area (Å²) >= 11 is 3.18. The highest BCUT2D eigenvalue weighted by molar-refractivity contribution is 9.10. The van der Waals surface area contributed by atoms with Gasteiger partial charge in [-0.2, -0.15) is 0 Å². The van der Waals surface area contributed by atoms with Crippen LogP contribution >= 0.6 is 15.9 Å². The first kappa shape index (κ1) is 10.8. The Morgan fingerprint density at radius 1 is 1.25 bits per heavy atom. The molecule has 1 aromatic carbocycles. The van der Waals surface area contributed by atoms with Crippen LogP contribution in [0.1, 0.15) is 0 Å². The van der Waals surface area contributed by atoms with E-state index in [1.54, 1.807) is 12.1 Å². The maximum absolute atomic E-state index is 13.5. The molecule has 0 bridgehead atoms. The lowest BCUT2D eigenvalue weighted by Crippen LogP contribution is -2.02. The number of anilines is 3. The number of nitrogens with two attached hydrogens (primary N) is 1. The smallest absolute Gasteiger partial charge is 0.173 e. The lowest BCUT2D eigenvalue weighted by atomic mass is 10.3. The van der Waals surface area contributed by atoms with E-state index in [4.69, 9.17) is 5.73 Å². The van der Waals surface area contributed by atoms with Crippen molar-refractivity contribution in [3.8, 4) is 0 Å². The molecule has 0 fully saturated rings. The molecule has 1 heterocycles. The molecule has 3 N–H and O–H groups in total. The van der Waals surface area contributed by atoms with Crippen LogP contribution in [0.2, 0.25) is 0 Å². The Morgan fingerprint density at radius 2 is 2.00 bits per heavy atom. The Labute approximate surface area is 99.9 Å². The van der Waals surface area contributed by atoms with Crippen molar-refractivity contribution in [3.05, 3.63) is 40.9 Å². The predicted octanol–water partition coefficient (Wildman–Crippen LogP) is 2.70. The normalized spacial score (nSPS) is 10.1. The molecule has 0 saturated heterocycles. The zero-order valence-corrected chi connectivity index (χ0v) is 9.70. The van der Waals surface area contributed by atoms with Crippen LogP contribution in [0.5, 0.6) is 0 Å². The third-order valence-corrected chi connectivity index (χ3v) is 2.40. The average molecular weight is 283 g/mol. The SMILES string of the molecule is Nc1nccnc1Nc1ccc(Br)cc1F. The fourth-order valence-electron chi connectivity index (χ4n) is 1.16. The monoisotopic (exact) mass is 282 g/mol. The molecule has 0 unspecified atom stereocenters. The van der Waals surface area contributed by atoms with E-state index in [0.29, 0.717) is 16.0 Å². The summed E-state index contributed by atoms with van der Waals surface area (Å²) in [5.41, 5.74) is 5.88. The van der Waals surface area contributed by atoms with Gasteiger partial charge < -0.3 is 11.1 Å². The van der Waals surface area contributed by atoms with Crippen molar-refractivity contribution >= 4 is 33.3 Å². The second-order valence-electron chi connectivity index (χ2n) is 3.04. The van der Waals surface area contributed by atoms with Crippen molar-refractivity contribution in [1.29, 1.82) is 0 Å². The molecule has 0 spiro atoms. The fourth-order valence-corrected chi connectivity index (χ4v) is 1.50. The number of hydrogen-bond acceptors (Lipinski definition) is 4. The number of aromatic nitrogens is 2. The molecule has 82 valence electrons. The lowest BCUT2D eigenvalue weighted by Gasteiger charge is -2.07. The van der Waals surface area contributed by atoms with E-state index < -0.39 is 0 Å². The summed E-state index contributed by atoms with van der Waals surface area (Å²) in [7, 11) is 0. The Hall–Kier alpha value is -1.69. The molecule has 0 aliphatic rings. The minimum absolute atomic E-state index is 0.227. The molecule has 4 nitrogen and oxygen atoms in total. The molecule has 0 aliphatic carbocycles. The third-order valence-electron chi connectivity index (χ3n) is 1.91. The highest BCUT2D eigenvalue weighted by Crippen LogP contribution is 2.23. The van der Waals surface area contributed by atoms with Crippen molar-refractivity contribution in [2.75, 3.05) is 11.1 Å². The van der Waals surface area contributed by atoms with Crippen molar-refractivity contribution in [1.82, 2.24) is 9.97 Å². The van der Waals surface area contributed by atoms with Crippen molar-refractivity contribution < 1.29 is 4.39 Å². The Kier molecular flexibility index (Phi) is 3.00. The van der Waals surface area contributed by atoms with Crippen LogP contribution < -0.4 is 11.1 Å². The molecule has 0 aliphatic heterocycles. The molecule has 6 heteroatoms. The van der Waals surface area contributed by atoms with Gasteiger partial charge in [0, 0.05) is 16.9 Å². The van der Waals surface area contributed by atoms with Gasteiger partial charge in [0.25, 0.3) is 0 Å². The first-order chi connectivity index (χ1) is 7.66. The molecule has 0 radical (unpaired) electrons. The Morgan fingerprint density at radius 3 is 2.69 bits per heavy atom. The van der Waals surface area contributed by atoms with Gasteiger partial charge in [-0.15, -0.1) is 0 Å². The quantitative estimate of drug-likeness (QED) is 0.889. The number of rotatable bonds is 2. The maximum Gasteiger partial charge on any atom is 0.173 e. The van der Waals surface area contributed by atoms with Crippen LogP contribution in [0.3, 0.4) is 0 Å². The summed E-state index contributed by atoms with van der Waals surface area (Å²) in [4.78, 5) is 7.80. The van der Waals surface area contributed by atoms with Gasteiger partial charge in [-0.25, -0.2) is 14.4 Å². The van der Waals surface area contributed by atoms with E-state index in [1.807, 2.05) is 0 Å². The van der Waals surface area contributed by atoms with Crippen LogP contribution in [-0.4, -0.2) is 9.97 Å². The van der Waals surface area contributed by atoms with E-state index in [-0.39, 0.29) is 11.6 Å². The zero-order chi connectivity index (χ0) is 11.5. The van der Waals surface area contributed by atoms with Gasteiger partial charge in [0.05, 0.1) is 5.69 Å². The summed E-state index contributed by atoms with van der Waals surface area (Å²) < 4.78 is 14.2. The highest BCUT2D eigenvalue weighted by Gasteiger charge is 2.06. The molecule has 2 aromatic rings. The molecule has 0 amide bonds. The number of nitrogens with zero attached hydrogens (tertiary/aromatic N) is 2. The van der Waals surface area contributed by atoms with Crippen LogP contribution in [0.4, 0.5) is 21.7 Å². The average Bonchev–Trinajstić information content (AvgIpc) is 2.25. The molecule has 1 aromatic heterocycles. The first-order valence-electron chi connectivity index (χ1n) is 4.45. The van der Waals surface area contributed by atoms with Gasteiger partial charge in [-0.3, -0.25) is 0 Å². The van der Waals surface area contributed by atoms with E-state index in [0.717, 1.165) is 0 Å². The van der Waals surface area contributed by atoms with Gasteiger partial charge in [0.15, 0.2) is 11.6 Å². The van der Waals surface area contributed by atoms with Gasteiger partial charge >= 0.3 is 0 Å². The Balaban J connectivity index is 2.31. The van der Waals surface area contributed by atoms with E-state index in [1.165, 1.54) is 18.5 Å². The molecule has 2 rings (SSSR count). The largest absolute Gasteiger partial charge is 0.381 e. The summed E-state index contributed by atoms with van der Waals surface area (Å²) in [6.45, 7) is 0. The topological polar surface area (TPSA) is 63.8 Å². The highest BCUT2D eigenvalue weighted by atomic mass is 79.9. The van der Waals surface area contributed by atoms with Crippen molar-refractivity contribution in [2.45, 2.75) is 0 Å². The van der Waals surface area contributed by atoms with Crippen molar-refractivity contribution in [2.24, 2.45) is 0 Å². The molecular formula is C10H8BrFN4. The summed E-state index contributed by atoms with van der Waals surface area (Å²) in [6, 6.07) is 4.67. The fraction of sp³-hybridized carbons (Fsp3) is 0. The van der Waals surface area contributed by atoms with Gasteiger partial charge in [-0.1, -0.05) is 15.9 Å². The maximum atomic E-state index is 13.5. The summed E-state index contributed by atoms with van der Waals surface area (Å²) in [6.07, 6.45) is 2.95. The minimum Gasteiger partial charge on any atom is -0.381 e. The van der Waals surface area contributed by atoms with Gasteiger partial charge in [0.2, 0.25) is 0 Å². The minimum atomic E-state index is -0.389. The van der Waals surface area contributed by atoms with E-state index >= 15 is 0 Å². The van der Waals surface area contributed by atoms with Crippen LogP contribution in [0.15, 0.2) is 35.1 Å². The lowest BCUT2D eigenvalue weighted by molar-refractivity contribution is 0.631. The summed E-state index contributed by atoms with van der Waals surface area (Å²) in [5.74, 6) is 0.174. The van der Waals surface area contributed by atoms with E-state index in [2.05, 4.69) is 31.2 Å². The molecular weight excluding hydrogens is 275 g/mol. The number of nitrogen functional groups attached to an aromatic ring is 1. The van der Waals surface area contributed by atoms with Crippen LogP contribution in [0.25, 0.3) is 0 Å². The molecule has 0 atom stereocenters. The third kappa shape index (κ3) is 2.27. The number of hydrogen-bond donors (Lipinski definition) is 2. The Bertz CT molecular complexity index is 518. The zero-order valence-electron chi connectivity index (χ0n) is 8.11. The summed E-state index contributed by atoms with van der Waals surface area (Å²) in [5, 5.41) is 2.77. The number of benzene rings is 1. The number of nitrogens with one attached hydrogen (secondary N) is 1. The van der Waals surface area contributed by atoms with E-state index in [9.17, 15) is 4.39 Å². The molecule has 16 heavy (non-hydrogen) atoms. The van der Waals surface area contributed by atoms with Crippen LogP contribution in [0, 0.1) is 5.82 Å². The first-order valence-corrected chi connectivity index (χ1v) is 5.24. The van der Waals surface area contributed by atoms with Crippen molar-refractivity contribution in [3.63, 3.8) is 0 Å². The second kappa shape index (κ2) is 4.44. The molecule has 0 saturated carbocycles. The van der Waals surface area contributed by atoms with Gasteiger partial charge in [-0.05, 0) is 18.2 Å². The predicted molar refractivity (Wildman–Crippen MR) is 63.8 cm³/mol. The van der Waals surface area contributed by atoms with Crippen LogP contribution in [-0.2, 0) is 0 Å². The van der Waals surface area contributed by atoms with Gasteiger partial charge in [0.1, 0.15) is 5.82 Å². The number of halogens is 2. The standard InChI is InChI=1S/C10H8BrFN4/c11-6-1-2-8(7(12)5-6)16-10-9(13)14-3-4-15-10/h1-5H,(H2,13,14)(H,15,16).